The highest BCUT2D eigenvalue weighted by Crippen LogP contribution is 2.15. The molecule has 0 saturated carbocycles. The summed E-state index contributed by atoms with van der Waals surface area (Å²) in [6.07, 6.45) is 7.35. The summed E-state index contributed by atoms with van der Waals surface area (Å²) in [7, 11) is 3.20. The second kappa shape index (κ2) is 16.7. The Morgan fingerprint density at radius 1 is 0.932 bits per heavy atom. The SMILES string of the molecule is CN(CC(=O)N(C)C(Cc1ccccc1)C(=O)NN1CCCCC1)C(=O)/C=C/CC(C)(C)N.Cc1ccc2ccccc2c1. The van der Waals surface area contributed by atoms with Crippen LogP contribution in [0.4, 0.5) is 0 Å². The van der Waals surface area contributed by atoms with Crippen molar-refractivity contribution in [3.8, 4) is 0 Å². The molecule has 4 rings (SSSR count). The van der Waals surface area contributed by atoms with Gasteiger partial charge >= 0.3 is 0 Å². The molecule has 236 valence electrons. The lowest BCUT2D eigenvalue weighted by molar-refractivity contribution is -0.143. The normalized spacial score (nSPS) is 14.4. The highest BCUT2D eigenvalue weighted by atomic mass is 16.2. The molecule has 1 unspecified atom stereocenters. The molecule has 1 heterocycles. The van der Waals surface area contributed by atoms with Crippen LogP contribution in [0.3, 0.4) is 0 Å². The zero-order valence-electron chi connectivity index (χ0n) is 27.0. The lowest BCUT2D eigenvalue weighted by Gasteiger charge is -2.33. The van der Waals surface area contributed by atoms with Gasteiger partial charge in [0.2, 0.25) is 11.8 Å². The van der Waals surface area contributed by atoms with Crippen molar-refractivity contribution in [1.29, 1.82) is 0 Å². The van der Waals surface area contributed by atoms with E-state index in [4.69, 9.17) is 5.73 Å². The molecule has 1 aliphatic heterocycles. The second-order valence-electron chi connectivity index (χ2n) is 12.4. The summed E-state index contributed by atoms with van der Waals surface area (Å²) >= 11 is 0. The fourth-order valence-corrected chi connectivity index (χ4v) is 4.94. The molecule has 0 bridgehead atoms. The molecule has 8 nitrogen and oxygen atoms in total. The summed E-state index contributed by atoms with van der Waals surface area (Å²) in [6, 6.07) is 23.9. The summed E-state index contributed by atoms with van der Waals surface area (Å²) < 4.78 is 0. The van der Waals surface area contributed by atoms with Gasteiger partial charge < -0.3 is 15.5 Å². The van der Waals surface area contributed by atoms with Crippen LogP contribution in [-0.4, -0.2) is 77.8 Å². The van der Waals surface area contributed by atoms with Crippen molar-refractivity contribution < 1.29 is 14.4 Å². The van der Waals surface area contributed by atoms with Gasteiger partial charge in [-0.2, -0.15) is 0 Å². The van der Waals surface area contributed by atoms with Crippen molar-refractivity contribution in [2.45, 2.75) is 64.5 Å². The van der Waals surface area contributed by atoms with E-state index in [1.165, 1.54) is 32.2 Å². The lowest BCUT2D eigenvalue weighted by Crippen LogP contribution is -2.55. The Balaban J connectivity index is 0.000000397. The van der Waals surface area contributed by atoms with E-state index in [1.807, 2.05) is 49.2 Å². The number of hydrogen-bond donors (Lipinski definition) is 2. The smallest absolute Gasteiger partial charge is 0.257 e. The molecule has 3 aromatic rings. The maximum absolute atomic E-state index is 13.2. The van der Waals surface area contributed by atoms with Gasteiger partial charge in [0.1, 0.15) is 6.04 Å². The Kier molecular flexibility index (Phi) is 13.1. The summed E-state index contributed by atoms with van der Waals surface area (Å²) in [5, 5.41) is 4.58. The van der Waals surface area contributed by atoms with Gasteiger partial charge in [0.15, 0.2) is 0 Å². The van der Waals surface area contributed by atoms with Gasteiger partial charge in [-0.3, -0.25) is 19.8 Å². The molecule has 0 aromatic heterocycles. The Labute approximate surface area is 262 Å². The van der Waals surface area contributed by atoms with Gasteiger partial charge in [-0.25, -0.2) is 5.01 Å². The Morgan fingerprint density at radius 3 is 2.23 bits per heavy atom. The van der Waals surface area contributed by atoms with E-state index in [9.17, 15) is 14.4 Å². The van der Waals surface area contributed by atoms with Crippen LogP contribution >= 0.6 is 0 Å². The number of hydrogen-bond acceptors (Lipinski definition) is 5. The first kappa shape index (κ1) is 34.5. The van der Waals surface area contributed by atoms with Crippen molar-refractivity contribution >= 4 is 28.5 Å². The molecular weight excluding hydrogens is 550 g/mol. The second-order valence-corrected chi connectivity index (χ2v) is 12.4. The van der Waals surface area contributed by atoms with Crippen molar-refractivity contribution in [2.24, 2.45) is 5.73 Å². The maximum Gasteiger partial charge on any atom is 0.257 e. The number of likely N-dealkylation sites (N-methyl/N-ethyl adjacent to an activating group) is 2. The van der Waals surface area contributed by atoms with Gasteiger partial charge in [-0.1, -0.05) is 90.9 Å². The van der Waals surface area contributed by atoms with Crippen molar-refractivity contribution in [2.75, 3.05) is 33.7 Å². The van der Waals surface area contributed by atoms with Gasteiger partial charge in [0, 0.05) is 39.1 Å². The molecule has 3 N–H and O–H groups in total. The first-order valence-electron chi connectivity index (χ1n) is 15.4. The number of amides is 3. The number of aryl methyl sites for hydroxylation is 1. The maximum atomic E-state index is 13.2. The van der Waals surface area contributed by atoms with Crippen LogP contribution in [0.5, 0.6) is 0 Å². The summed E-state index contributed by atoms with van der Waals surface area (Å²) in [4.78, 5) is 41.4. The number of hydrazine groups is 1. The van der Waals surface area contributed by atoms with E-state index in [0.29, 0.717) is 12.8 Å². The first-order valence-corrected chi connectivity index (χ1v) is 15.4. The van der Waals surface area contributed by atoms with Gasteiger partial charge in [-0.15, -0.1) is 0 Å². The average molecular weight is 600 g/mol. The zero-order chi connectivity index (χ0) is 32.1. The molecule has 44 heavy (non-hydrogen) atoms. The standard InChI is InChI=1S/C25H39N5O3.C11H10/c1-25(2,26)15-11-14-22(31)28(3)19-23(32)29(4)21(18-20-12-7-5-8-13-20)24(33)27-30-16-9-6-10-17-30;1-9-6-7-10-4-2-3-5-11(10)8-9/h5,7-8,11-14,21H,6,9-10,15-19,26H2,1-4H3,(H,27,33);2-8H,1H3/b14-11+;. The monoisotopic (exact) mass is 599 g/mol. The molecule has 0 spiro atoms. The molecule has 3 aromatic carbocycles. The fraction of sp³-hybridized carbons (Fsp3) is 0.417. The van der Waals surface area contributed by atoms with Crippen molar-refractivity contribution in [1.82, 2.24) is 20.2 Å². The highest BCUT2D eigenvalue weighted by molar-refractivity contribution is 5.93. The minimum absolute atomic E-state index is 0.117. The Bertz CT molecular complexity index is 1390. The number of piperidine rings is 1. The topological polar surface area (TPSA) is 99.0 Å². The molecule has 0 radical (unpaired) electrons. The molecule has 1 saturated heterocycles. The Morgan fingerprint density at radius 2 is 1.57 bits per heavy atom. The van der Waals surface area contributed by atoms with E-state index in [0.717, 1.165) is 37.9 Å². The highest BCUT2D eigenvalue weighted by Gasteiger charge is 2.29. The Hall–Kier alpha value is -4.01. The van der Waals surface area contributed by atoms with Gasteiger partial charge in [-0.05, 0) is 62.4 Å². The molecule has 8 heteroatoms. The minimum atomic E-state index is -0.682. The van der Waals surface area contributed by atoms with Gasteiger partial charge in [0.25, 0.3) is 5.91 Å². The van der Waals surface area contributed by atoms with E-state index in [1.54, 1.807) is 20.2 Å². The molecule has 1 atom stereocenters. The fourth-order valence-electron chi connectivity index (χ4n) is 4.94. The largest absolute Gasteiger partial charge is 0.333 e. The molecule has 1 aliphatic rings. The van der Waals surface area contributed by atoms with E-state index < -0.39 is 11.6 Å². The van der Waals surface area contributed by atoms with Crippen LogP contribution in [-0.2, 0) is 20.8 Å². The quantitative estimate of drug-likeness (QED) is 0.324. The van der Waals surface area contributed by atoms with Crippen LogP contribution in [0.15, 0.2) is 84.9 Å². The van der Waals surface area contributed by atoms with Crippen LogP contribution in [0.25, 0.3) is 10.8 Å². The minimum Gasteiger partial charge on any atom is -0.333 e. The van der Waals surface area contributed by atoms with Crippen molar-refractivity contribution in [3.05, 3.63) is 96.1 Å². The van der Waals surface area contributed by atoms with Crippen molar-refractivity contribution in [3.63, 3.8) is 0 Å². The number of fused-ring (bicyclic) bond motifs is 1. The molecular formula is C36H49N5O3. The molecule has 1 fully saturated rings. The van der Waals surface area contributed by atoms with Crippen LogP contribution in [0.1, 0.15) is 50.7 Å². The number of benzene rings is 3. The lowest BCUT2D eigenvalue weighted by atomic mass is 10.0. The summed E-state index contributed by atoms with van der Waals surface area (Å²) in [6.45, 7) is 7.38. The number of nitrogens with zero attached hydrogens (tertiary/aromatic N) is 3. The first-order chi connectivity index (χ1) is 20.9. The third-order valence-electron chi connectivity index (χ3n) is 7.62. The van der Waals surface area contributed by atoms with E-state index in [2.05, 4.69) is 54.8 Å². The molecule has 0 aliphatic carbocycles. The third-order valence-corrected chi connectivity index (χ3v) is 7.62. The van der Waals surface area contributed by atoms with E-state index >= 15 is 0 Å². The number of carbonyl (C=O) groups is 3. The number of nitrogens with one attached hydrogen (secondary N) is 1. The van der Waals surface area contributed by atoms with Crippen LogP contribution in [0, 0.1) is 6.92 Å². The number of rotatable bonds is 10. The van der Waals surface area contributed by atoms with Crippen LogP contribution in [0.2, 0.25) is 0 Å². The van der Waals surface area contributed by atoms with E-state index in [-0.39, 0.29) is 24.3 Å². The average Bonchev–Trinajstić information content (AvgIpc) is 3.00. The third kappa shape index (κ3) is 11.6. The number of nitrogens with two attached hydrogens (primary N) is 1. The summed E-state index contributed by atoms with van der Waals surface area (Å²) in [5.74, 6) is -0.790. The predicted octanol–water partition coefficient (Wildman–Crippen LogP) is 4.86. The number of carbonyl (C=O) groups excluding carboxylic acids is 3. The summed E-state index contributed by atoms with van der Waals surface area (Å²) in [5.41, 5.74) is 10.8. The zero-order valence-corrected chi connectivity index (χ0v) is 27.0. The molecule has 3 amide bonds. The van der Waals surface area contributed by atoms with Gasteiger partial charge in [0.05, 0.1) is 6.54 Å². The predicted molar refractivity (Wildman–Crippen MR) is 179 cm³/mol. The van der Waals surface area contributed by atoms with Crippen LogP contribution < -0.4 is 11.2 Å².